The Bertz CT molecular complexity index is 544. The van der Waals surface area contributed by atoms with Crippen LogP contribution in [0.2, 0.25) is 0 Å². The summed E-state index contributed by atoms with van der Waals surface area (Å²) in [4.78, 5) is 12.5. The van der Waals surface area contributed by atoms with Gasteiger partial charge in [-0.3, -0.25) is 4.79 Å². The van der Waals surface area contributed by atoms with Crippen molar-refractivity contribution >= 4 is 21.6 Å². The molecule has 6 heteroatoms. The third-order valence-electron chi connectivity index (χ3n) is 4.66. The third kappa shape index (κ3) is 2.51. The van der Waals surface area contributed by atoms with E-state index in [1.165, 1.54) is 19.3 Å². The lowest BCUT2D eigenvalue weighted by molar-refractivity contribution is 0.144. The summed E-state index contributed by atoms with van der Waals surface area (Å²) in [6.45, 7) is 0.761. The maximum atomic E-state index is 12.5. The van der Waals surface area contributed by atoms with Gasteiger partial charge in [0, 0.05) is 6.54 Å². The van der Waals surface area contributed by atoms with E-state index in [4.69, 9.17) is 0 Å². The average Bonchev–Trinajstić information content (AvgIpc) is 2.34. The maximum absolute atomic E-state index is 12.5. The number of aliphatic hydroxyl groups is 1. The topological polar surface area (TPSA) is 67.2 Å². The molecule has 2 fully saturated rings. The summed E-state index contributed by atoms with van der Waals surface area (Å²) in [6.07, 6.45) is 8.20. The number of aromatic nitrogens is 2. The first-order chi connectivity index (χ1) is 9.63. The fraction of sp³-hybridized carbons (Fsp3) is 0.714. The van der Waals surface area contributed by atoms with Crippen molar-refractivity contribution in [1.82, 2.24) is 9.78 Å². The summed E-state index contributed by atoms with van der Waals surface area (Å²) in [6, 6.07) is 0. The van der Waals surface area contributed by atoms with E-state index in [-0.39, 0.29) is 17.7 Å². The molecule has 1 aromatic rings. The van der Waals surface area contributed by atoms with E-state index in [9.17, 15) is 9.90 Å². The molecule has 0 aromatic carbocycles. The second-order valence-electron chi connectivity index (χ2n) is 6.07. The minimum Gasteiger partial charge on any atom is -0.394 e. The maximum Gasteiger partial charge on any atom is 0.291 e. The number of hydrogen-bond donors (Lipinski definition) is 2. The van der Waals surface area contributed by atoms with Crippen LogP contribution in [0.5, 0.6) is 0 Å². The highest BCUT2D eigenvalue weighted by atomic mass is 79.9. The molecule has 0 radical (unpaired) electrons. The summed E-state index contributed by atoms with van der Waals surface area (Å²) < 4.78 is 2.23. The van der Waals surface area contributed by atoms with Crippen molar-refractivity contribution in [1.29, 1.82) is 0 Å². The third-order valence-corrected chi connectivity index (χ3v) is 5.26. The molecule has 5 nitrogen and oxygen atoms in total. The summed E-state index contributed by atoms with van der Waals surface area (Å²) in [7, 11) is 0. The fourth-order valence-corrected chi connectivity index (χ4v) is 3.18. The second kappa shape index (κ2) is 5.48. The van der Waals surface area contributed by atoms with E-state index < -0.39 is 0 Å². The molecule has 2 N–H and O–H groups in total. The Labute approximate surface area is 126 Å². The molecule has 2 aliphatic carbocycles. The Morgan fingerprint density at radius 1 is 1.45 bits per heavy atom. The molecule has 0 aliphatic heterocycles. The highest BCUT2D eigenvalue weighted by molar-refractivity contribution is 9.10. The Morgan fingerprint density at radius 2 is 2.20 bits per heavy atom. The van der Waals surface area contributed by atoms with Crippen molar-refractivity contribution in [2.45, 2.75) is 50.6 Å². The van der Waals surface area contributed by atoms with Gasteiger partial charge in [-0.1, -0.05) is 6.42 Å². The predicted molar refractivity (Wildman–Crippen MR) is 80.8 cm³/mol. The number of nitrogens with zero attached hydrogens (tertiary/aromatic N) is 2. The lowest BCUT2D eigenvalue weighted by Crippen LogP contribution is -2.50. The van der Waals surface area contributed by atoms with Crippen LogP contribution in [0.15, 0.2) is 15.5 Å². The first-order valence-corrected chi connectivity index (χ1v) is 8.07. The molecule has 0 unspecified atom stereocenters. The number of hydrogen-bond acceptors (Lipinski definition) is 4. The molecule has 0 spiro atoms. The van der Waals surface area contributed by atoms with Crippen LogP contribution in [0, 0.1) is 5.92 Å². The monoisotopic (exact) mass is 341 g/mol. The van der Waals surface area contributed by atoms with Gasteiger partial charge in [0.05, 0.1) is 22.8 Å². The minimum atomic E-state index is -0.322. The number of halogens is 1. The van der Waals surface area contributed by atoms with Crippen molar-refractivity contribution in [3.63, 3.8) is 0 Å². The van der Waals surface area contributed by atoms with Crippen LogP contribution in [0.4, 0.5) is 5.69 Å². The van der Waals surface area contributed by atoms with Gasteiger partial charge < -0.3 is 10.4 Å². The molecule has 0 amide bonds. The zero-order valence-corrected chi connectivity index (χ0v) is 13.0. The Kier molecular flexibility index (Phi) is 3.86. The van der Waals surface area contributed by atoms with Crippen LogP contribution in [0.25, 0.3) is 0 Å². The molecule has 0 atom stereocenters. The van der Waals surface area contributed by atoms with Crippen molar-refractivity contribution in [3.05, 3.63) is 21.0 Å². The van der Waals surface area contributed by atoms with Crippen molar-refractivity contribution < 1.29 is 5.11 Å². The van der Waals surface area contributed by atoms with Crippen molar-refractivity contribution in [2.75, 3.05) is 11.9 Å². The smallest absolute Gasteiger partial charge is 0.291 e. The number of nitrogens with one attached hydrogen (secondary N) is 1. The van der Waals surface area contributed by atoms with Gasteiger partial charge in [0.1, 0.15) is 5.69 Å². The van der Waals surface area contributed by atoms with Gasteiger partial charge in [-0.15, -0.1) is 0 Å². The molecule has 1 heterocycles. The number of aliphatic hydroxyl groups excluding tert-OH is 1. The van der Waals surface area contributed by atoms with Crippen LogP contribution >= 0.6 is 15.9 Å². The van der Waals surface area contributed by atoms with Crippen molar-refractivity contribution in [2.24, 2.45) is 5.92 Å². The first-order valence-electron chi connectivity index (χ1n) is 7.28. The van der Waals surface area contributed by atoms with E-state index in [2.05, 4.69) is 26.3 Å². The molecular formula is C14H20BrN3O2. The van der Waals surface area contributed by atoms with Crippen LogP contribution in [-0.4, -0.2) is 27.0 Å². The van der Waals surface area contributed by atoms with E-state index in [1.54, 1.807) is 10.9 Å². The molecule has 1 aromatic heterocycles. The summed E-state index contributed by atoms with van der Waals surface area (Å²) in [5.41, 5.74) is 0.121. The normalized spacial score (nSPS) is 21.1. The van der Waals surface area contributed by atoms with Crippen LogP contribution in [-0.2, 0) is 6.54 Å². The molecular weight excluding hydrogens is 322 g/mol. The molecule has 110 valence electrons. The number of anilines is 1. The lowest BCUT2D eigenvalue weighted by Gasteiger charge is -2.41. The van der Waals surface area contributed by atoms with Crippen LogP contribution < -0.4 is 10.9 Å². The zero-order chi connectivity index (χ0) is 14.2. The minimum absolute atomic E-state index is 0.0594. The second-order valence-corrected chi connectivity index (χ2v) is 6.92. The molecule has 20 heavy (non-hydrogen) atoms. The van der Waals surface area contributed by atoms with Gasteiger partial charge in [-0.2, -0.15) is 5.10 Å². The van der Waals surface area contributed by atoms with Gasteiger partial charge in [-0.05, 0) is 54.0 Å². The average molecular weight is 342 g/mol. The van der Waals surface area contributed by atoms with E-state index >= 15 is 0 Å². The van der Waals surface area contributed by atoms with Gasteiger partial charge in [0.15, 0.2) is 0 Å². The van der Waals surface area contributed by atoms with E-state index in [0.29, 0.717) is 22.6 Å². The number of rotatable bonds is 5. The fourth-order valence-electron chi connectivity index (χ4n) is 2.82. The first kappa shape index (κ1) is 14.1. The molecule has 2 aliphatic rings. The lowest BCUT2D eigenvalue weighted by atomic mass is 9.77. The SMILES string of the molecule is O=c1c(NC2(CO)CCC2)c(Br)cnn1CC1CCC1. The molecule has 3 rings (SSSR count). The summed E-state index contributed by atoms with van der Waals surface area (Å²) in [5, 5.41) is 17.0. The molecule has 2 saturated carbocycles. The van der Waals surface area contributed by atoms with E-state index in [1.807, 2.05) is 0 Å². The zero-order valence-electron chi connectivity index (χ0n) is 11.4. The summed E-state index contributed by atoms with van der Waals surface area (Å²) in [5.74, 6) is 0.588. The van der Waals surface area contributed by atoms with Crippen molar-refractivity contribution in [3.8, 4) is 0 Å². The molecule has 0 saturated heterocycles. The van der Waals surface area contributed by atoms with E-state index in [0.717, 1.165) is 19.3 Å². The predicted octanol–water partition coefficient (Wildman–Crippen LogP) is 2.13. The van der Waals surface area contributed by atoms with Crippen LogP contribution in [0.1, 0.15) is 38.5 Å². The Morgan fingerprint density at radius 3 is 2.70 bits per heavy atom. The Balaban J connectivity index is 1.85. The summed E-state index contributed by atoms with van der Waals surface area (Å²) >= 11 is 3.39. The van der Waals surface area contributed by atoms with Crippen LogP contribution in [0.3, 0.4) is 0 Å². The highest BCUT2D eigenvalue weighted by Gasteiger charge is 2.37. The molecule has 0 bridgehead atoms. The van der Waals surface area contributed by atoms with Gasteiger partial charge >= 0.3 is 0 Å². The van der Waals surface area contributed by atoms with Gasteiger partial charge in [-0.25, -0.2) is 4.68 Å². The standard InChI is InChI=1S/C14H20BrN3O2/c15-11-7-16-18(8-10-3-1-4-10)13(20)12(11)17-14(9-19)5-2-6-14/h7,10,17,19H,1-6,8-9H2. The largest absolute Gasteiger partial charge is 0.394 e. The van der Waals surface area contributed by atoms with Gasteiger partial charge in [0.2, 0.25) is 0 Å². The highest BCUT2D eigenvalue weighted by Crippen LogP contribution is 2.35. The Hall–Kier alpha value is -0.880. The quantitative estimate of drug-likeness (QED) is 0.860. The van der Waals surface area contributed by atoms with Gasteiger partial charge in [0.25, 0.3) is 5.56 Å².